The van der Waals surface area contributed by atoms with Crippen molar-refractivity contribution >= 4 is 32.7 Å². The molecule has 0 radical (unpaired) electrons. The van der Waals surface area contributed by atoms with Crippen molar-refractivity contribution in [3.05, 3.63) is 52.8 Å². The number of carboxylic acids is 1. The second kappa shape index (κ2) is 9.98. The molecule has 4 rings (SSSR count). The van der Waals surface area contributed by atoms with Crippen LogP contribution in [-0.4, -0.2) is 53.2 Å². The first kappa shape index (κ1) is 25.2. The zero-order valence-corrected chi connectivity index (χ0v) is 20.0. The van der Waals surface area contributed by atoms with Crippen molar-refractivity contribution in [3.63, 3.8) is 0 Å². The number of aliphatic carboxylic acids is 1. The molecule has 0 spiro atoms. The molecule has 0 amide bonds. The molecule has 1 aromatic heterocycles. The largest absolute Gasteiger partial charge is 0.482 e. The summed E-state index contributed by atoms with van der Waals surface area (Å²) >= 11 is 1.14. The number of fused-ring (bicyclic) bond motifs is 1. The minimum Gasteiger partial charge on any atom is -0.482 e. The number of halogens is 4. The Morgan fingerprint density at radius 2 is 2.00 bits per heavy atom. The van der Waals surface area contributed by atoms with E-state index in [9.17, 15) is 22.4 Å². The Bertz CT molecular complexity index is 1230. The molecule has 1 fully saturated rings. The number of carboxylic acid groups (broad SMARTS) is 1. The van der Waals surface area contributed by atoms with Gasteiger partial charge in [0.15, 0.2) is 11.7 Å². The Morgan fingerprint density at radius 3 is 2.69 bits per heavy atom. The number of benzene rings is 2. The summed E-state index contributed by atoms with van der Waals surface area (Å²) in [6.07, 6.45) is -3.90. The quantitative estimate of drug-likeness (QED) is 0.433. The fourth-order valence-electron chi connectivity index (χ4n) is 4.33. The number of ether oxygens (including phenoxy) is 1. The summed E-state index contributed by atoms with van der Waals surface area (Å²) in [6.45, 7) is 6.20. The molecule has 0 saturated carbocycles. The number of hydrogen-bond acceptors (Lipinski definition) is 6. The van der Waals surface area contributed by atoms with Crippen LogP contribution in [0.4, 0.5) is 22.7 Å². The van der Waals surface area contributed by atoms with Crippen LogP contribution in [0.15, 0.2) is 30.3 Å². The number of anilines is 1. The Labute approximate surface area is 203 Å². The van der Waals surface area contributed by atoms with E-state index < -0.39 is 30.1 Å². The van der Waals surface area contributed by atoms with Crippen molar-refractivity contribution < 1.29 is 32.2 Å². The number of nitrogens with zero attached hydrogens (tertiary/aromatic N) is 3. The van der Waals surface area contributed by atoms with Gasteiger partial charge in [0, 0.05) is 38.3 Å². The lowest BCUT2D eigenvalue weighted by Crippen LogP contribution is -2.52. The molecule has 1 atom stereocenters. The van der Waals surface area contributed by atoms with E-state index in [0.717, 1.165) is 41.0 Å². The Hall–Kier alpha value is -2.92. The van der Waals surface area contributed by atoms with E-state index in [1.807, 2.05) is 24.0 Å². The maximum absolute atomic E-state index is 14.0. The Morgan fingerprint density at radius 1 is 1.23 bits per heavy atom. The summed E-state index contributed by atoms with van der Waals surface area (Å²) in [5.41, 5.74) is 0.919. The fourth-order valence-corrected chi connectivity index (χ4v) is 5.35. The van der Waals surface area contributed by atoms with E-state index in [2.05, 4.69) is 16.8 Å². The van der Waals surface area contributed by atoms with Crippen LogP contribution >= 0.6 is 11.3 Å². The lowest BCUT2D eigenvalue weighted by atomic mass is 10.1. The molecule has 1 N–H and O–H groups in total. The number of rotatable bonds is 7. The first-order valence-corrected chi connectivity index (χ1v) is 12.0. The predicted molar refractivity (Wildman–Crippen MR) is 126 cm³/mol. The highest BCUT2D eigenvalue weighted by atomic mass is 32.1. The Kier molecular flexibility index (Phi) is 7.18. The third kappa shape index (κ3) is 5.84. The summed E-state index contributed by atoms with van der Waals surface area (Å²) in [4.78, 5) is 19.6. The molecule has 188 valence electrons. The minimum absolute atomic E-state index is 0.169. The van der Waals surface area contributed by atoms with Gasteiger partial charge in [0.05, 0.1) is 15.8 Å². The normalized spacial score (nSPS) is 17.2. The third-order valence-corrected chi connectivity index (χ3v) is 7.06. The van der Waals surface area contributed by atoms with Crippen molar-refractivity contribution in [1.29, 1.82) is 0 Å². The standard InChI is InChI=1S/C24H25F4N3O3S/c1-3-16-12-31(23-29-20-10-19(25)18(24(26,27)28)9-21(20)35-23)5-4-30(16)11-15-6-14(2)7-17(8-15)34-13-22(32)33/h6-10,16H,3-5,11-13H2,1-2H3,(H,32,33)/t16-/m1/s1. The zero-order chi connectivity index (χ0) is 25.3. The molecule has 3 aromatic rings. The maximum Gasteiger partial charge on any atom is 0.419 e. The third-order valence-electron chi connectivity index (χ3n) is 5.98. The van der Waals surface area contributed by atoms with Crippen molar-refractivity contribution in [2.45, 2.75) is 39.0 Å². The van der Waals surface area contributed by atoms with Crippen LogP contribution in [0.3, 0.4) is 0 Å². The average molecular weight is 512 g/mol. The summed E-state index contributed by atoms with van der Waals surface area (Å²) in [6, 6.07) is 7.53. The van der Waals surface area contributed by atoms with Crippen LogP contribution in [0, 0.1) is 12.7 Å². The minimum atomic E-state index is -4.75. The number of thiazole rings is 1. The fraction of sp³-hybridized carbons (Fsp3) is 0.417. The highest BCUT2D eigenvalue weighted by molar-refractivity contribution is 7.22. The average Bonchev–Trinajstić information content (AvgIpc) is 3.19. The maximum atomic E-state index is 14.0. The van der Waals surface area contributed by atoms with Crippen molar-refractivity contribution in [3.8, 4) is 5.75 Å². The van der Waals surface area contributed by atoms with Crippen molar-refractivity contribution in [2.24, 2.45) is 0 Å². The number of carbonyl (C=O) groups is 1. The van der Waals surface area contributed by atoms with Gasteiger partial charge in [-0.05, 0) is 42.7 Å². The van der Waals surface area contributed by atoms with Gasteiger partial charge in [-0.2, -0.15) is 13.2 Å². The van der Waals surface area contributed by atoms with Crippen LogP contribution in [-0.2, 0) is 17.5 Å². The summed E-state index contributed by atoms with van der Waals surface area (Å²) in [7, 11) is 0. The van der Waals surface area contributed by atoms with Gasteiger partial charge < -0.3 is 14.7 Å². The molecule has 6 nitrogen and oxygen atoms in total. The van der Waals surface area contributed by atoms with Crippen molar-refractivity contribution in [2.75, 3.05) is 31.1 Å². The molecule has 1 aliphatic rings. The van der Waals surface area contributed by atoms with E-state index >= 15 is 0 Å². The van der Waals surface area contributed by atoms with Gasteiger partial charge in [-0.3, -0.25) is 4.90 Å². The number of alkyl halides is 3. The number of piperazine rings is 1. The van der Waals surface area contributed by atoms with E-state index in [0.29, 0.717) is 41.8 Å². The van der Waals surface area contributed by atoms with Crippen LogP contribution in [0.5, 0.6) is 5.75 Å². The van der Waals surface area contributed by atoms with Gasteiger partial charge in [0.2, 0.25) is 0 Å². The molecular weight excluding hydrogens is 486 g/mol. The van der Waals surface area contributed by atoms with Gasteiger partial charge in [0.1, 0.15) is 11.6 Å². The molecule has 0 bridgehead atoms. The molecule has 1 aliphatic heterocycles. The van der Waals surface area contributed by atoms with E-state index in [1.54, 1.807) is 6.07 Å². The molecule has 0 unspecified atom stereocenters. The predicted octanol–water partition coefficient (Wildman–Crippen LogP) is 5.33. The monoisotopic (exact) mass is 511 g/mol. The van der Waals surface area contributed by atoms with Gasteiger partial charge in [-0.1, -0.05) is 24.3 Å². The molecule has 35 heavy (non-hydrogen) atoms. The highest BCUT2D eigenvalue weighted by Crippen LogP contribution is 2.37. The summed E-state index contributed by atoms with van der Waals surface area (Å²) < 4.78 is 58.9. The van der Waals surface area contributed by atoms with E-state index in [1.165, 1.54) is 0 Å². The molecule has 0 aliphatic carbocycles. The molecule has 11 heteroatoms. The first-order valence-electron chi connectivity index (χ1n) is 11.1. The summed E-state index contributed by atoms with van der Waals surface area (Å²) in [5, 5.41) is 9.44. The van der Waals surface area contributed by atoms with Gasteiger partial charge >= 0.3 is 12.1 Å². The Balaban J connectivity index is 1.49. The van der Waals surface area contributed by atoms with Crippen LogP contribution in [0.1, 0.15) is 30.0 Å². The number of hydrogen-bond donors (Lipinski definition) is 1. The van der Waals surface area contributed by atoms with Gasteiger partial charge in [0.25, 0.3) is 0 Å². The number of aryl methyl sites for hydroxylation is 1. The summed E-state index contributed by atoms with van der Waals surface area (Å²) in [5.74, 6) is -1.85. The molecule has 1 saturated heterocycles. The topological polar surface area (TPSA) is 65.9 Å². The van der Waals surface area contributed by atoms with Crippen LogP contribution in [0.25, 0.3) is 10.2 Å². The van der Waals surface area contributed by atoms with Crippen LogP contribution < -0.4 is 9.64 Å². The van der Waals surface area contributed by atoms with E-state index in [4.69, 9.17) is 9.84 Å². The lowest BCUT2D eigenvalue weighted by Gasteiger charge is -2.41. The zero-order valence-electron chi connectivity index (χ0n) is 19.2. The van der Waals surface area contributed by atoms with E-state index in [-0.39, 0.29) is 11.6 Å². The molecule has 2 heterocycles. The highest BCUT2D eigenvalue weighted by Gasteiger charge is 2.35. The van der Waals surface area contributed by atoms with Crippen molar-refractivity contribution in [1.82, 2.24) is 9.88 Å². The van der Waals surface area contributed by atoms with Gasteiger partial charge in [-0.15, -0.1) is 0 Å². The smallest absolute Gasteiger partial charge is 0.419 e. The van der Waals surface area contributed by atoms with Crippen LogP contribution in [0.2, 0.25) is 0 Å². The van der Waals surface area contributed by atoms with Gasteiger partial charge in [-0.25, -0.2) is 14.2 Å². The first-order chi connectivity index (χ1) is 16.5. The molecule has 2 aromatic carbocycles. The SMILES string of the molecule is CC[C@@H]1CN(c2nc3cc(F)c(C(F)(F)F)cc3s2)CCN1Cc1cc(C)cc(OCC(=O)O)c1. The number of aromatic nitrogens is 1. The molecular formula is C24H25F4N3O3S. The second-order valence-corrected chi connectivity index (χ2v) is 9.62. The second-order valence-electron chi connectivity index (χ2n) is 8.61. The lowest BCUT2D eigenvalue weighted by molar-refractivity contribution is -0.140.